The highest BCUT2D eigenvalue weighted by atomic mass is 79.9. The SMILES string of the molecule is Cn1c(SCC(=O)N/N=C/c2ccc(O)cc2O)nnc1-c1cccc(Br)c1. The van der Waals surface area contributed by atoms with E-state index in [0.29, 0.717) is 16.5 Å². The lowest BCUT2D eigenvalue weighted by atomic mass is 10.2. The van der Waals surface area contributed by atoms with Gasteiger partial charge in [-0.3, -0.25) is 4.79 Å². The number of thioether (sulfide) groups is 1. The molecule has 0 spiro atoms. The number of aromatic hydroxyl groups is 2. The molecule has 0 aliphatic carbocycles. The minimum Gasteiger partial charge on any atom is -0.508 e. The molecule has 0 saturated heterocycles. The Morgan fingerprint density at radius 3 is 2.86 bits per heavy atom. The van der Waals surface area contributed by atoms with Crippen LogP contribution in [0, 0.1) is 0 Å². The molecule has 0 atom stereocenters. The summed E-state index contributed by atoms with van der Waals surface area (Å²) < 4.78 is 2.76. The van der Waals surface area contributed by atoms with Crippen molar-refractivity contribution in [1.29, 1.82) is 0 Å². The molecule has 3 rings (SSSR count). The summed E-state index contributed by atoms with van der Waals surface area (Å²) in [6.45, 7) is 0. The largest absolute Gasteiger partial charge is 0.508 e. The van der Waals surface area contributed by atoms with Crippen molar-refractivity contribution in [2.75, 3.05) is 5.75 Å². The number of benzene rings is 2. The molecule has 3 N–H and O–H groups in total. The minimum absolute atomic E-state index is 0.0546. The summed E-state index contributed by atoms with van der Waals surface area (Å²) in [5.41, 5.74) is 3.67. The van der Waals surface area contributed by atoms with Crippen molar-refractivity contribution < 1.29 is 15.0 Å². The van der Waals surface area contributed by atoms with Crippen molar-refractivity contribution in [1.82, 2.24) is 20.2 Å². The molecule has 1 aromatic heterocycles. The maximum absolute atomic E-state index is 12.0. The summed E-state index contributed by atoms with van der Waals surface area (Å²) in [6.07, 6.45) is 1.30. The molecular formula is C18H16BrN5O3S. The Bertz CT molecular complexity index is 1040. The summed E-state index contributed by atoms with van der Waals surface area (Å²) in [5, 5.41) is 31.6. The van der Waals surface area contributed by atoms with Crippen molar-refractivity contribution in [2.24, 2.45) is 12.1 Å². The molecule has 10 heteroatoms. The molecule has 1 amide bonds. The zero-order chi connectivity index (χ0) is 20.1. The van der Waals surface area contributed by atoms with Gasteiger partial charge < -0.3 is 14.8 Å². The van der Waals surface area contributed by atoms with Gasteiger partial charge in [-0.2, -0.15) is 5.10 Å². The Hall–Kier alpha value is -2.85. The number of phenols is 2. The number of rotatable bonds is 6. The lowest BCUT2D eigenvalue weighted by Gasteiger charge is -2.04. The van der Waals surface area contributed by atoms with Crippen LogP contribution in [0.5, 0.6) is 11.5 Å². The fraction of sp³-hybridized carbons (Fsp3) is 0.111. The lowest BCUT2D eigenvalue weighted by Crippen LogP contribution is -2.19. The van der Waals surface area contributed by atoms with E-state index < -0.39 is 0 Å². The van der Waals surface area contributed by atoms with Crippen LogP contribution in [0.15, 0.2) is 57.2 Å². The summed E-state index contributed by atoms with van der Waals surface area (Å²) in [5.74, 6) is 0.285. The summed E-state index contributed by atoms with van der Waals surface area (Å²) in [4.78, 5) is 12.0. The first-order valence-electron chi connectivity index (χ1n) is 8.06. The number of carbonyl (C=O) groups excluding carboxylic acids is 1. The van der Waals surface area contributed by atoms with E-state index >= 15 is 0 Å². The highest BCUT2D eigenvalue weighted by Crippen LogP contribution is 2.25. The lowest BCUT2D eigenvalue weighted by molar-refractivity contribution is -0.118. The van der Waals surface area contributed by atoms with Gasteiger partial charge in [0, 0.05) is 28.7 Å². The second kappa shape index (κ2) is 8.89. The first kappa shape index (κ1) is 19.9. The van der Waals surface area contributed by atoms with Crippen LogP contribution in [0.2, 0.25) is 0 Å². The third-order valence-electron chi connectivity index (χ3n) is 3.66. The highest BCUT2D eigenvalue weighted by Gasteiger charge is 2.13. The number of nitrogens with zero attached hydrogens (tertiary/aromatic N) is 4. The molecule has 0 fully saturated rings. The third kappa shape index (κ3) is 4.90. The van der Waals surface area contributed by atoms with Crippen molar-refractivity contribution in [3.63, 3.8) is 0 Å². The average molecular weight is 462 g/mol. The van der Waals surface area contributed by atoms with Gasteiger partial charge in [0.1, 0.15) is 11.5 Å². The molecule has 0 bridgehead atoms. The maximum Gasteiger partial charge on any atom is 0.250 e. The van der Waals surface area contributed by atoms with Gasteiger partial charge in [0.05, 0.1) is 12.0 Å². The average Bonchev–Trinajstić information content (AvgIpc) is 3.02. The molecule has 2 aromatic carbocycles. The zero-order valence-electron chi connectivity index (χ0n) is 14.7. The number of hydrazone groups is 1. The standard InChI is InChI=1S/C18H16BrN5O3S/c1-24-17(11-3-2-4-13(19)7-11)22-23-18(24)28-10-16(27)21-20-9-12-5-6-14(25)8-15(12)26/h2-9,25-26H,10H2,1H3,(H,21,27)/b20-9+. The van der Waals surface area contributed by atoms with Gasteiger partial charge in [0.2, 0.25) is 0 Å². The highest BCUT2D eigenvalue weighted by molar-refractivity contribution is 9.10. The monoisotopic (exact) mass is 461 g/mol. The molecule has 0 radical (unpaired) electrons. The first-order chi connectivity index (χ1) is 13.4. The van der Waals surface area contributed by atoms with Gasteiger partial charge in [0.15, 0.2) is 11.0 Å². The van der Waals surface area contributed by atoms with E-state index in [0.717, 1.165) is 10.0 Å². The van der Waals surface area contributed by atoms with Gasteiger partial charge in [0.25, 0.3) is 5.91 Å². The Labute approximate surface area is 173 Å². The van der Waals surface area contributed by atoms with Crippen LogP contribution in [0.4, 0.5) is 0 Å². The van der Waals surface area contributed by atoms with Crippen molar-refractivity contribution in [3.05, 3.63) is 52.5 Å². The Kier molecular flexibility index (Phi) is 6.32. The van der Waals surface area contributed by atoms with Gasteiger partial charge in [-0.25, -0.2) is 5.43 Å². The van der Waals surface area contributed by atoms with Crippen LogP contribution < -0.4 is 5.43 Å². The topological polar surface area (TPSA) is 113 Å². The predicted molar refractivity (Wildman–Crippen MR) is 110 cm³/mol. The number of phenolic OH excluding ortho intramolecular Hbond substituents is 2. The van der Waals surface area contributed by atoms with E-state index in [1.807, 2.05) is 35.9 Å². The summed E-state index contributed by atoms with van der Waals surface area (Å²) >= 11 is 4.67. The molecule has 144 valence electrons. The van der Waals surface area contributed by atoms with Gasteiger partial charge in [-0.05, 0) is 24.3 Å². The van der Waals surface area contributed by atoms with Gasteiger partial charge in [-0.15, -0.1) is 10.2 Å². The molecule has 0 saturated carbocycles. The van der Waals surface area contributed by atoms with Crippen molar-refractivity contribution >= 4 is 39.8 Å². The number of amides is 1. The van der Waals surface area contributed by atoms with Crippen LogP contribution in [0.3, 0.4) is 0 Å². The second-order valence-corrected chi connectivity index (χ2v) is 7.56. The molecule has 8 nitrogen and oxygen atoms in total. The molecule has 0 unspecified atom stereocenters. The molecular weight excluding hydrogens is 446 g/mol. The molecule has 28 heavy (non-hydrogen) atoms. The second-order valence-electron chi connectivity index (χ2n) is 5.70. The molecule has 3 aromatic rings. The summed E-state index contributed by atoms with van der Waals surface area (Å²) in [7, 11) is 1.84. The molecule has 1 heterocycles. The van der Waals surface area contributed by atoms with Crippen LogP contribution >= 0.6 is 27.7 Å². The van der Waals surface area contributed by atoms with E-state index in [9.17, 15) is 15.0 Å². The van der Waals surface area contributed by atoms with E-state index in [1.54, 1.807) is 0 Å². The van der Waals surface area contributed by atoms with E-state index in [1.165, 1.54) is 36.2 Å². The Morgan fingerprint density at radius 2 is 2.11 bits per heavy atom. The Balaban J connectivity index is 1.57. The number of nitrogens with one attached hydrogen (secondary N) is 1. The molecule has 0 aliphatic heterocycles. The fourth-order valence-electron chi connectivity index (χ4n) is 2.30. The van der Waals surface area contributed by atoms with Gasteiger partial charge >= 0.3 is 0 Å². The third-order valence-corrected chi connectivity index (χ3v) is 5.17. The normalized spacial score (nSPS) is 11.1. The van der Waals surface area contributed by atoms with Crippen LogP contribution in [-0.4, -0.2) is 42.9 Å². The maximum atomic E-state index is 12.0. The van der Waals surface area contributed by atoms with Crippen LogP contribution in [-0.2, 0) is 11.8 Å². The summed E-state index contributed by atoms with van der Waals surface area (Å²) in [6, 6.07) is 11.8. The minimum atomic E-state index is -0.327. The van der Waals surface area contributed by atoms with E-state index in [4.69, 9.17) is 0 Å². The first-order valence-corrected chi connectivity index (χ1v) is 9.84. The predicted octanol–water partition coefficient (Wildman–Crippen LogP) is 2.90. The fourth-order valence-corrected chi connectivity index (χ4v) is 3.40. The Morgan fingerprint density at radius 1 is 1.29 bits per heavy atom. The molecule has 0 aliphatic rings. The number of aromatic nitrogens is 3. The number of hydrogen-bond donors (Lipinski definition) is 3. The van der Waals surface area contributed by atoms with E-state index in [2.05, 4.69) is 36.7 Å². The van der Waals surface area contributed by atoms with Gasteiger partial charge in [-0.1, -0.05) is 39.8 Å². The smallest absolute Gasteiger partial charge is 0.250 e. The van der Waals surface area contributed by atoms with E-state index in [-0.39, 0.29) is 23.2 Å². The van der Waals surface area contributed by atoms with Crippen molar-refractivity contribution in [2.45, 2.75) is 5.16 Å². The quantitative estimate of drug-likeness (QED) is 0.295. The zero-order valence-corrected chi connectivity index (χ0v) is 17.1. The van der Waals surface area contributed by atoms with Crippen LogP contribution in [0.1, 0.15) is 5.56 Å². The van der Waals surface area contributed by atoms with Crippen LogP contribution in [0.25, 0.3) is 11.4 Å². The number of halogens is 1. The number of hydrogen-bond acceptors (Lipinski definition) is 7. The number of carbonyl (C=O) groups is 1. The van der Waals surface area contributed by atoms with Crippen molar-refractivity contribution in [3.8, 4) is 22.9 Å².